The Kier molecular flexibility index (Phi) is 4.44. The molecule has 5 aromatic rings. The van der Waals surface area contributed by atoms with Crippen molar-refractivity contribution in [3.8, 4) is 5.69 Å². The van der Waals surface area contributed by atoms with Crippen molar-refractivity contribution in [2.24, 2.45) is 4.99 Å². The fourth-order valence-corrected chi connectivity index (χ4v) is 3.73. The largest absolute Gasteiger partial charge is 0.270 e. The van der Waals surface area contributed by atoms with Crippen molar-refractivity contribution < 1.29 is 8.78 Å². The molecule has 3 aromatic carbocycles. The molecule has 0 amide bonds. The standard InChI is InChI=1S/C23H14F2N4S/c24-16-6-10-18(11-7-16)26-22-27-21-14-15-4-2-1-3-5-20(15)29(21)23(30)28(22)19-12-8-17(25)9-13-19/h1-14H. The van der Waals surface area contributed by atoms with Crippen LogP contribution < -0.4 is 5.62 Å². The lowest BCUT2D eigenvalue weighted by Crippen LogP contribution is -2.25. The van der Waals surface area contributed by atoms with E-state index in [1.807, 2.05) is 40.8 Å². The van der Waals surface area contributed by atoms with E-state index < -0.39 is 0 Å². The van der Waals surface area contributed by atoms with Crippen LogP contribution in [0.1, 0.15) is 0 Å². The second-order valence-corrected chi connectivity index (χ2v) is 7.05. The van der Waals surface area contributed by atoms with Gasteiger partial charge in [-0.3, -0.25) is 8.97 Å². The molecule has 2 aromatic heterocycles. The molecule has 0 aliphatic rings. The Labute approximate surface area is 175 Å². The molecule has 0 saturated carbocycles. The van der Waals surface area contributed by atoms with Gasteiger partial charge < -0.3 is 0 Å². The van der Waals surface area contributed by atoms with Crippen molar-refractivity contribution in [2.75, 3.05) is 0 Å². The van der Waals surface area contributed by atoms with Crippen molar-refractivity contribution in [1.29, 1.82) is 0 Å². The first kappa shape index (κ1) is 18.3. The summed E-state index contributed by atoms with van der Waals surface area (Å²) in [6, 6.07) is 23.4. The average molecular weight is 416 g/mol. The van der Waals surface area contributed by atoms with E-state index in [0.717, 1.165) is 10.9 Å². The molecule has 0 unspecified atom stereocenters. The van der Waals surface area contributed by atoms with E-state index in [0.29, 0.717) is 27.4 Å². The van der Waals surface area contributed by atoms with Gasteiger partial charge in [0.2, 0.25) is 5.62 Å². The van der Waals surface area contributed by atoms with Gasteiger partial charge in [-0.15, -0.1) is 0 Å². The first-order valence-electron chi connectivity index (χ1n) is 9.20. The average Bonchev–Trinajstić information content (AvgIpc) is 2.92. The Morgan fingerprint density at radius 1 is 0.800 bits per heavy atom. The number of hydrogen-bond donors (Lipinski definition) is 0. The third-order valence-corrected chi connectivity index (χ3v) is 5.11. The van der Waals surface area contributed by atoms with Crippen LogP contribution in [0.25, 0.3) is 22.2 Å². The minimum atomic E-state index is -0.352. The summed E-state index contributed by atoms with van der Waals surface area (Å²) in [5.74, 6) is -0.701. The monoisotopic (exact) mass is 416 g/mol. The molecule has 30 heavy (non-hydrogen) atoms. The normalized spacial score (nSPS) is 12.0. The molecule has 7 heteroatoms. The van der Waals surface area contributed by atoms with Crippen molar-refractivity contribution in [3.05, 3.63) is 107 Å². The van der Waals surface area contributed by atoms with E-state index in [9.17, 15) is 8.78 Å². The Hall–Kier alpha value is -3.71. The lowest BCUT2D eigenvalue weighted by atomic mass is 10.3. The van der Waals surface area contributed by atoms with Crippen molar-refractivity contribution in [1.82, 2.24) is 14.0 Å². The SMILES string of the molecule is Fc1ccc(N=c2nc3cc4cccccc4n3c(=S)n2-c2ccc(F)cc2)cc1. The number of aromatic nitrogens is 3. The van der Waals surface area contributed by atoms with Crippen LogP contribution in [0.15, 0.2) is 89.9 Å². The molecule has 0 atom stereocenters. The summed E-state index contributed by atoms with van der Waals surface area (Å²) in [6.07, 6.45) is 0. The topological polar surface area (TPSA) is 34.6 Å². The van der Waals surface area contributed by atoms with Crippen molar-refractivity contribution >= 4 is 34.5 Å². The van der Waals surface area contributed by atoms with Gasteiger partial charge in [0.15, 0.2) is 4.77 Å². The van der Waals surface area contributed by atoms with Crippen LogP contribution in [-0.2, 0) is 0 Å². The van der Waals surface area contributed by atoms with Gasteiger partial charge in [-0.1, -0.05) is 24.3 Å². The van der Waals surface area contributed by atoms with E-state index in [1.165, 1.54) is 24.3 Å². The number of hydrogen-bond acceptors (Lipinski definition) is 3. The molecule has 0 fully saturated rings. The van der Waals surface area contributed by atoms with Gasteiger partial charge >= 0.3 is 0 Å². The van der Waals surface area contributed by atoms with Crippen molar-refractivity contribution in [2.45, 2.75) is 0 Å². The highest BCUT2D eigenvalue weighted by atomic mass is 32.1. The van der Waals surface area contributed by atoms with Crippen LogP contribution in [0.2, 0.25) is 0 Å². The maximum Gasteiger partial charge on any atom is 0.239 e. The molecule has 5 rings (SSSR count). The number of benzene rings is 2. The zero-order chi connectivity index (χ0) is 20.7. The smallest absolute Gasteiger partial charge is 0.239 e. The third-order valence-electron chi connectivity index (χ3n) is 4.74. The Morgan fingerprint density at radius 3 is 2.20 bits per heavy atom. The molecule has 0 bridgehead atoms. The summed E-state index contributed by atoms with van der Waals surface area (Å²) in [5.41, 5.74) is 3.01. The Balaban J connectivity index is 1.91. The summed E-state index contributed by atoms with van der Waals surface area (Å²) in [7, 11) is 0. The molecular formula is C23H14F2N4S. The zero-order valence-electron chi connectivity index (χ0n) is 15.5. The lowest BCUT2D eigenvalue weighted by Gasteiger charge is -2.10. The molecule has 0 aliphatic heterocycles. The van der Waals surface area contributed by atoms with E-state index in [4.69, 9.17) is 17.2 Å². The highest BCUT2D eigenvalue weighted by molar-refractivity contribution is 7.71. The van der Waals surface area contributed by atoms with Crippen LogP contribution in [-0.4, -0.2) is 14.0 Å². The fraction of sp³-hybridized carbons (Fsp3) is 0. The highest BCUT2D eigenvalue weighted by Gasteiger charge is 2.11. The molecule has 0 N–H and O–H groups in total. The minimum absolute atomic E-state index is 0.317. The molecule has 0 radical (unpaired) electrons. The zero-order valence-corrected chi connectivity index (χ0v) is 16.4. The molecule has 0 aliphatic carbocycles. The van der Waals surface area contributed by atoms with Crippen LogP contribution in [0.4, 0.5) is 14.5 Å². The van der Waals surface area contributed by atoms with Gasteiger partial charge in [0.25, 0.3) is 0 Å². The number of halogens is 2. The van der Waals surface area contributed by atoms with E-state index in [-0.39, 0.29) is 11.6 Å². The Bertz CT molecular complexity index is 1520. The molecule has 0 spiro atoms. The van der Waals surface area contributed by atoms with Gasteiger partial charge in [-0.2, -0.15) is 4.98 Å². The van der Waals surface area contributed by atoms with Crippen LogP contribution in [0.3, 0.4) is 0 Å². The minimum Gasteiger partial charge on any atom is -0.270 e. The number of fused-ring (bicyclic) bond motifs is 3. The highest BCUT2D eigenvalue weighted by Crippen LogP contribution is 2.19. The number of rotatable bonds is 2. The first-order valence-corrected chi connectivity index (χ1v) is 9.61. The van der Waals surface area contributed by atoms with Crippen LogP contribution in [0, 0.1) is 16.4 Å². The van der Waals surface area contributed by atoms with Crippen LogP contribution in [0.5, 0.6) is 0 Å². The second kappa shape index (κ2) is 7.27. The molecule has 2 heterocycles. The van der Waals surface area contributed by atoms with Crippen LogP contribution >= 0.6 is 12.2 Å². The van der Waals surface area contributed by atoms with Gasteiger partial charge in [-0.25, -0.2) is 13.8 Å². The van der Waals surface area contributed by atoms with E-state index in [2.05, 4.69) is 4.99 Å². The maximum atomic E-state index is 13.5. The van der Waals surface area contributed by atoms with E-state index >= 15 is 0 Å². The van der Waals surface area contributed by atoms with Gasteiger partial charge in [0.05, 0.1) is 16.9 Å². The fourth-order valence-electron chi connectivity index (χ4n) is 3.35. The maximum absolute atomic E-state index is 13.5. The van der Waals surface area contributed by atoms with Gasteiger partial charge in [-0.05, 0) is 72.9 Å². The number of nitrogens with zero attached hydrogens (tertiary/aromatic N) is 4. The molecule has 0 saturated heterocycles. The first-order chi connectivity index (χ1) is 14.6. The summed E-state index contributed by atoms with van der Waals surface area (Å²) < 4.78 is 30.8. The van der Waals surface area contributed by atoms with Gasteiger partial charge in [0, 0.05) is 5.39 Å². The molecule has 4 nitrogen and oxygen atoms in total. The third kappa shape index (κ3) is 3.19. The second-order valence-electron chi connectivity index (χ2n) is 6.68. The van der Waals surface area contributed by atoms with Gasteiger partial charge in [0.1, 0.15) is 17.3 Å². The molecular weight excluding hydrogens is 402 g/mol. The summed E-state index contributed by atoms with van der Waals surface area (Å²) in [5, 5.41) is 0.975. The quantitative estimate of drug-likeness (QED) is 0.355. The lowest BCUT2D eigenvalue weighted by molar-refractivity contribution is 0.627. The summed E-state index contributed by atoms with van der Waals surface area (Å²) in [4.78, 5) is 9.30. The molecule has 146 valence electrons. The predicted molar refractivity (Wildman–Crippen MR) is 114 cm³/mol. The Morgan fingerprint density at radius 2 is 1.47 bits per heavy atom. The van der Waals surface area contributed by atoms with E-state index in [1.54, 1.807) is 28.8 Å². The summed E-state index contributed by atoms with van der Waals surface area (Å²) >= 11 is 5.82. The predicted octanol–water partition coefficient (Wildman–Crippen LogP) is 5.52. The summed E-state index contributed by atoms with van der Waals surface area (Å²) in [6.45, 7) is 0. The van der Waals surface area contributed by atoms with Crippen molar-refractivity contribution in [3.63, 3.8) is 0 Å².